The fourth-order valence-corrected chi connectivity index (χ4v) is 3.73. The highest BCUT2D eigenvalue weighted by atomic mass is 19.1. The summed E-state index contributed by atoms with van der Waals surface area (Å²) in [5, 5.41) is 5.35. The van der Waals surface area contributed by atoms with Crippen LogP contribution in [0.2, 0.25) is 0 Å². The van der Waals surface area contributed by atoms with E-state index in [-0.39, 0.29) is 17.8 Å². The van der Waals surface area contributed by atoms with E-state index in [2.05, 4.69) is 23.5 Å². The zero-order chi connectivity index (χ0) is 19.5. The Morgan fingerprint density at radius 2 is 1.93 bits per heavy atom. The van der Waals surface area contributed by atoms with Crippen molar-refractivity contribution >= 4 is 22.4 Å². The number of fused-ring (bicyclic) bond motifs is 1. The number of rotatable bonds is 4. The molecule has 0 aromatic heterocycles. The van der Waals surface area contributed by atoms with Crippen LogP contribution in [-0.4, -0.2) is 31.7 Å². The second kappa shape index (κ2) is 7.98. The maximum atomic E-state index is 13.5. The number of carbonyl (C=O) groups is 1. The quantitative estimate of drug-likeness (QED) is 0.744. The molecule has 1 unspecified atom stereocenters. The normalized spacial score (nSPS) is 18.1. The summed E-state index contributed by atoms with van der Waals surface area (Å²) in [4.78, 5) is 14.8. The Bertz CT molecular complexity index is 986. The summed E-state index contributed by atoms with van der Waals surface area (Å²) < 4.78 is 19.2. The van der Waals surface area contributed by atoms with Crippen molar-refractivity contribution in [2.45, 2.75) is 19.1 Å². The van der Waals surface area contributed by atoms with Crippen LogP contribution in [0.1, 0.15) is 18.5 Å². The summed E-state index contributed by atoms with van der Waals surface area (Å²) in [5.74, 6) is -0.434. The van der Waals surface area contributed by atoms with Crippen LogP contribution < -0.4 is 10.2 Å². The van der Waals surface area contributed by atoms with Crippen LogP contribution in [0, 0.1) is 5.82 Å². The SMILES string of the molecule is C[C@@H](NC(=O)C1CN(c2cccc(F)c2)CCO1)c1cccc2ccccc12. The maximum Gasteiger partial charge on any atom is 0.251 e. The molecule has 5 heteroatoms. The molecule has 1 saturated heterocycles. The van der Waals surface area contributed by atoms with Gasteiger partial charge in [-0.2, -0.15) is 0 Å². The molecule has 144 valence electrons. The first kappa shape index (κ1) is 18.4. The lowest BCUT2D eigenvalue weighted by atomic mass is 9.99. The van der Waals surface area contributed by atoms with Gasteiger partial charge in [0.05, 0.1) is 19.2 Å². The second-order valence-corrected chi connectivity index (χ2v) is 7.08. The number of nitrogens with one attached hydrogen (secondary N) is 1. The average molecular weight is 378 g/mol. The van der Waals surface area contributed by atoms with Crippen molar-refractivity contribution < 1.29 is 13.9 Å². The molecule has 0 saturated carbocycles. The van der Waals surface area contributed by atoms with Crippen LogP contribution >= 0.6 is 0 Å². The van der Waals surface area contributed by atoms with E-state index in [1.54, 1.807) is 6.07 Å². The monoisotopic (exact) mass is 378 g/mol. The number of carbonyl (C=O) groups excluding carboxylic acids is 1. The van der Waals surface area contributed by atoms with Gasteiger partial charge in [-0.25, -0.2) is 4.39 Å². The fourth-order valence-electron chi connectivity index (χ4n) is 3.73. The van der Waals surface area contributed by atoms with Gasteiger partial charge in [0.2, 0.25) is 0 Å². The molecule has 3 aromatic rings. The summed E-state index contributed by atoms with van der Waals surface area (Å²) in [6.45, 7) is 3.44. The largest absolute Gasteiger partial charge is 0.366 e. The minimum atomic E-state index is -0.588. The van der Waals surface area contributed by atoms with Crippen molar-refractivity contribution in [3.05, 3.63) is 78.1 Å². The summed E-state index contributed by atoms with van der Waals surface area (Å²) in [7, 11) is 0. The lowest BCUT2D eigenvalue weighted by Gasteiger charge is -2.34. The molecule has 1 heterocycles. The predicted octanol–water partition coefficient (Wildman–Crippen LogP) is 4.06. The average Bonchev–Trinajstić information content (AvgIpc) is 2.73. The number of hydrogen-bond donors (Lipinski definition) is 1. The van der Waals surface area contributed by atoms with Gasteiger partial charge in [0, 0.05) is 12.2 Å². The molecule has 0 aliphatic carbocycles. The molecule has 2 atom stereocenters. The highest BCUT2D eigenvalue weighted by Gasteiger charge is 2.28. The van der Waals surface area contributed by atoms with Gasteiger partial charge < -0.3 is 15.0 Å². The Hall–Kier alpha value is -2.92. The summed E-state index contributed by atoms with van der Waals surface area (Å²) in [6, 6.07) is 20.5. The minimum Gasteiger partial charge on any atom is -0.366 e. The molecule has 1 aliphatic rings. The highest BCUT2D eigenvalue weighted by molar-refractivity contribution is 5.87. The number of anilines is 1. The summed E-state index contributed by atoms with van der Waals surface area (Å²) >= 11 is 0. The van der Waals surface area contributed by atoms with Gasteiger partial charge >= 0.3 is 0 Å². The van der Waals surface area contributed by atoms with Gasteiger partial charge in [-0.3, -0.25) is 4.79 Å². The van der Waals surface area contributed by atoms with Crippen molar-refractivity contribution in [3.8, 4) is 0 Å². The molecule has 0 radical (unpaired) electrons. The lowest BCUT2D eigenvalue weighted by Crippen LogP contribution is -2.50. The molecule has 1 aliphatic heterocycles. The highest BCUT2D eigenvalue weighted by Crippen LogP contribution is 2.25. The fraction of sp³-hybridized carbons (Fsp3) is 0.261. The zero-order valence-electron chi connectivity index (χ0n) is 15.8. The zero-order valence-corrected chi connectivity index (χ0v) is 15.8. The number of morpholine rings is 1. The second-order valence-electron chi connectivity index (χ2n) is 7.08. The molecule has 1 N–H and O–H groups in total. The van der Waals surface area contributed by atoms with E-state index >= 15 is 0 Å². The van der Waals surface area contributed by atoms with Gasteiger partial charge in [-0.1, -0.05) is 48.5 Å². The number of ether oxygens (including phenoxy) is 1. The Morgan fingerprint density at radius 1 is 1.14 bits per heavy atom. The number of nitrogens with zero attached hydrogens (tertiary/aromatic N) is 1. The summed E-state index contributed by atoms with van der Waals surface area (Å²) in [6.07, 6.45) is -0.588. The van der Waals surface area contributed by atoms with Crippen molar-refractivity contribution in [2.24, 2.45) is 0 Å². The van der Waals surface area contributed by atoms with E-state index in [0.29, 0.717) is 19.7 Å². The molecular formula is C23H23FN2O2. The van der Waals surface area contributed by atoms with E-state index in [1.807, 2.05) is 42.2 Å². The Labute approximate surface area is 163 Å². The maximum absolute atomic E-state index is 13.5. The number of amides is 1. The Morgan fingerprint density at radius 3 is 2.79 bits per heavy atom. The molecular weight excluding hydrogens is 355 g/mol. The molecule has 1 fully saturated rings. The number of halogens is 1. The number of benzene rings is 3. The van der Waals surface area contributed by atoms with Crippen molar-refractivity contribution in [1.29, 1.82) is 0 Å². The molecule has 1 amide bonds. The third-order valence-corrected chi connectivity index (χ3v) is 5.18. The summed E-state index contributed by atoms with van der Waals surface area (Å²) in [5.41, 5.74) is 1.84. The lowest BCUT2D eigenvalue weighted by molar-refractivity contribution is -0.134. The van der Waals surface area contributed by atoms with Gasteiger partial charge in [-0.15, -0.1) is 0 Å². The molecule has 4 rings (SSSR count). The predicted molar refractivity (Wildman–Crippen MR) is 109 cm³/mol. The first-order chi connectivity index (χ1) is 13.6. The van der Waals surface area contributed by atoms with Crippen LogP contribution in [0.25, 0.3) is 10.8 Å². The van der Waals surface area contributed by atoms with Gasteiger partial charge in [0.25, 0.3) is 5.91 Å². The topological polar surface area (TPSA) is 41.6 Å². The van der Waals surface area contributed by atoms with Crippen LogP contribution in [-0.2, 0) is 9.53 Å². The molecule has 0 bridgehead atoms. The van der Waals surface area contributed by atoms with Gasteiger partial charge in [-0.05, 0) is 41.5 Å². The van der Waals surface area contributed by atoms with E-state index in [0.717, 1.165) is 22.0 Å². The van der Waals surface area contributed by atoms with Crippen LogP contribution in [0.15, 0.2) is 66.7 Å². The molecule has 0 spiro atoms. The van der Waals surface area contributed by atoms with E-state index in [4.69, 9.17) is 4.74 Å². The third-order valence-electron chi connectivity index (χ3n) is 5.18. The van der Waals surface area contributed by atoms with Crippen molar-refractivity contribution in [1.82, 2.24) is 5.32 Å². The van der Waals surface area contributed by atoms with E-state index in [9.17, 15) is 9.18 Å². The van der Waals surface area contributed by atoms with Crippen LogP contribution in [0.5, 0.6) is 0 Å². The standard InChI is InChI=1S/C23H23FN2O2/c1-16(20-11-4-7-17-6-2-3-10-21(17)20)25-23(27)22-15-26(12-13-28-22)19-9-5-8-18(24)14-19/h2-11,14,16,22H,12-13,15H2,1H3,(H,25,27)/t16-,22?/m1/s1. The Kier molecular flexibility index (Phi) is 5.26. The van der Waals surface area contributed by atoms with Gasteiger partial charge in [0.15, 0.2) is 6.10 Å². The van der Waals surface area contributed by atoms with Crippen LogP contribution in [0.4, 0.5) is 10.1 Å². The smallest absolute Gasteiger partial charge is 0.251 e. The van der Waals surface area contributed by atoms with Crippen molar-refractivity contribution in [3.63, 3.8) is 0 Å². The first-order valence-electron chi connectivity index (χ1n) is 9.52. The molecule has 3 aromatic carbocycles. The third kappa shape index (κ3) is 3.85. The minimum absolute atomic E-state index is 0.147. The molecule has 4 nitrogen and oxygen atoms in total. The van der Waals surface area contributed by atoms with Crippen molar-refractivity contribution in [2.75, 3.05) is 24.6 Å². The Balaban J connectivity index is 1.47. The van der Waals surface area contributed by atoms with Gasteiger partial charge in [0.1, 0.15) is 5.82 Å². The van der Waals surface area contributed by atoms with E-state index < -0.39 is 6.10 Å². The first-order valence-corrected chi connectivity index (χ1v) is 9.52. The number of hydrogen-bond acceptors (Lipinski definition) is 3. The van der Waals surface area contributed by atoms with E-state index in [1.165, 1.54) is 12.1 Å². The molecule has 28 heavy (non-hydrogen) atoms. The van der Waals surface area contributed by atoms with Crippen LogP contribution in [0.3, 0.4) is 0 Å².